The second-order valence-corrected chi connectivity index (χ2v) is 5.11. The highest BCUT2D eigenvalue weighted by Crippen LogP contribution is 2.33. The summed E-state index contributed by atoms with van der Waals surface area (Å²) < 4.78 is 13.9. The quantitative estimate of drug-likeness (QED) is 0.884. The van der Waals surface area contributed by atoms with Gasteiger partial charge in [0.1, 0.15) is 10.8 Å². The van der Waals surface area contributed by atoms with Crippen molar-refractivity contribution in [3.63, 3.8) is 0 Å². The first-order valence-electron chi connectivity index (χ1n) is 5.41. The van der Waals surface area contributed by atoms with Gasteiger partial charge in [-0.2, -0.15) is 0 Å². The monoisotopic (exact) mass is 251 g/mol. The number of aliphatic hydroxyl groups excluding tert-OH is 1. The van der Waals surface area contributed by atoms with E-state index in [1.54, 1.807) is 26.0 Å². The van der Waals surface area contributed by atoms with Crippen LogP contribution < -0.4 is 0 Å². The van der Waals surface area contributed by atoms with Gasteiger partial charge in [0.2, 0.25) is 0 Å². The Balaban J connectivity index is 2.54. The fourth-order valence-corrected chi connectivity index (χ4v) is 2.75. The Kier molecular flexibility index (Phi) is 3.26. The first kappa shape index (κ1) is 12.2. The lowest BCUT2D eigenvalue weighted by Gasteiger charge is -2.01. The van der Waals surface area contributed by atoms with Gasteiger partial charge in [0.25, 0.3) is 0 Å². The number of aliphatic hydroxyl groups is 1. The minimum Gasteiger partial charge on any atom is -0.388 e. The summed E-state index contributed by atoms with van der Waals surface area (Å²) in [5.74, 6) is -0.238. The minimum atomic E-state index is -0.561. The lowest BCUT2D eigenvalue weighted by atomic mass is 10.1. The summed E-state index contributed by atoms with van der Waals surface area (Å²) in [6.07, 6.45) is -0.561. The third-order valence-corrected chi connectivity index (χ3v) is 4.00. The molecule has 0 amide bonds. The average molecular weight is 251 g/mol. The summed E-state index contributed by atoms with van der Waals surface area (Å²) in [6.45, 7) is 5.25. The van der Waals surface area contributed by atoms with Crippen LogP contribution in [-0.4, -0.2) is 10.1 Å². The van der Waals surface area contributed by atoms with Crippen LogP contribution in [0.5, 0.6) is 0 Å². The number of aromatic nitrogens is 1. The normalized spacial score (nSPS) is 12.8. The van der Waals surface area contributed by atoms with Crippen molar-refractivity contribution in [1.29, 1.82) is 0 Å². The number of nitrogens with zero attached hydrogens (tertiary/aromatic N) is 1. The summed E-state index contributed by atoms with van der Waals surface area (Å²) in [7, 11) is 0. The Morgan fingerprint density at radius 2 is 2.06 bits per heavy atom. The Hall–Kier alpha value is -1.26. The number of halogens is 1. The molecule has 2 aromatic rings. The number of aryl methyl sites for hydroxylation is 2. The standard InChI is InChI=1S/C13H14FNOS/c1-7-5-4-6-10(11(7)14)13-15-8(2)12(17-13)9(3)16/h4-6,9,16H,1-3H3. The SMILES string of the molecule is Cc1cccc(-c2nc(C)c(C(C)O)s2)c1F. The van der Waals surface area contributed by atoms with E-state index < -0.39 is 6.10 Å². The molecule has 17 heavy (non-hydrogen) atoms. The van der Waals surface area contributed by atoms with Crippen LogP contribution in [0.15, 0.2) is 18.2 Å². The van der Waals surface area contributed by atoms with Gasteiger partial charge in [0.05, 0.1) is 16.7 Å². The molecule has 4 heteroatoms. The van der Waals surface area contributed by atoms with Crippen molar-refractivity contribution in [3.8, 4) is 10.6 Å². The van der Waals surface area contributed by atoms with Gasteiger partial charge in [0.15, 0.2) is 0 Å². The highest BCUT2D eigenvalue weighted by atomic mass is 32.1. The maximum Gasteiger partial charge on any atom is 0.136 e. The number of thiazole rings is 1. The molecule has 0 bridgehead atoms. The van der Waals surface area contributed by atoms with E-state index in [0.717, 1.165) is 10.6 Å². The molecule has 0 aliphatic rings. The first-order chi connectivity index (χ1) is 8.00. The molecule has 1 N–H and O–H groups in total. The molecule has 1 unspecified atom stereocenters. The molecule has 1 aromatic carbocycles. The molecule has 1 atom stereocenters. The highest BCUT2D eigenvalue weighted by Gasteiger charge is 2.16. The van der Waals surface area contributed by atoms with Crippen molar-refractivity contribution in [2.24, 2.45) is 0 Å². The number of hydrogen-bond acceptors (Lipinski definition) is 3. The molecular weight excluding hydrogens is 237 g/mol. The van der Waals surface area contributed by atoms with Gasteiger partial charge in [-0.05, 0) is 32.4 Å². The smallest absolute Gasteiger partial charge is 0.136 e. The second kappa shape index (κ2) is 4.55. The van der Waals surface area contributed by atoms with Gasteiger partial charge >= 0.3 is 0 Å². The number of rotatable bonds is 2. The summed E-state index contributed by atoms with van der Waals surface area (Å²) >= 11 is 1.34. The van der Waals surface area contributed by atoms with Gasteiger partial charge in [0, 0.05) is 5.56 Å². The van der Waals surface area contributed by atoms with Crippen molar-refractivity contribution in [2.45, 2.75) is 26.9 Å². The van der Waals surface area contributed by atoms with Crippen LogP contribution in [0.1, 0.15) is 29.2 Å². The predicted molar refractivity (Wildman–Crippen MR) is 67.6 cm³/mol. The minimum absolute atomic E-state index is 0.238. The fraction of sp³-hybridized carbons (Fsp3) is 0.308. The van der Waals surface area contributed by atoms with Crippen LogP contribution in [0.4, 0.5) is 4.39 Å². The van der Waals surface area contributed by atoms with E-state index in [2.05, 4.69) is 4.98 Å². The van der Waals surface area contributed by atoms with Crippen LogP contribution in [-0.2, 0) is 0 Å². The Labute approximate surface area is 104 Å². The van der Waals surface area contributed by atoms with E-state index in [9.17, 15) is 9.50 Å². The summed E-state index contributed by atoms with van der Waals surface area (Å²) in [4.78, 5) is 5.12. The van der Waals surface area contributed by atoms with Gasteiger partial charge in [-0.25, -0.2) is 9.37 Å². The second-order valence-electron chi connectivity index (χ2n) is 4.08. The van der Waals surface area contributed by atoms with E-state index in [-0.39, 0.29) is 5.82 Å². The molecule has 2 rings (SSSR count). The molecule has 90 valence electrons. The molecule has 2 nitrogen and oxygen atoms in total. The predicted octanol–water partition coefficient (Wildman–Crippen LogP) is 3.62. The van der Waals surface area contributed by atoms with E-state index in [1.165, 1.54) is 11.3 Å². The van der Waals surface area contributed by atoms with Gasteiger partial charge < -0.3 is 5.11 Å². The lowest BCUT2D eigenvalue weighted by Crippen LogP contribution is -1.89. The number of benzene rings is 1. The van der Waals surface area contributed by atoms with Crippen molar-refractivity contribution in [1.82, 2.24) is 4.98 Å². The Bertz CT molecular complexity index is 548. The van der Waals surface area contributed by atoms with E-state index >= 15 is 0 Å². The van der Waals surface area contributed by atoms with Crippen molar-refractivity contribution >= 4 is 11.3 Å². The van der Waals surface area contributed by atoms with E-state index in [0.29, 0.717) is 16.1 Å². The molecular formula is C13H14FNOS. The molecule has 0 saturated heterocycles. The maximum atomic E-state index is 13.9. The zero-order chi connectivity index (χ0) is 12.6. The lowest BCUT2D eigenvalue weighted by molar-refractivity contribution is 0.202. The zero-order valence-corrected chi connectivity index (χ0v) is 10.8. The molecule has 0 fully saturated rings. The van der Waals surface area contributed by atoms with Gasteiger partial charge in [-0.15, -0.1) is 11.3 Å². The number of hydrogen-bond donors (Lipinski definition) is 1. The average Bonchev–Trinajstić information content (AvgIpc) is 2.64. The molecule has 0 aliphatic heterocycles. The van der Waals surface area contributed by atoms with E-state index in [4.69, 9.17) is 0 Å². The zero-order valence-electron chi connectivity index (χ0n) is 9.99. The molecule has 0 radical (unpaired) electrons. The summed E-state index contributed by atoms with van der Waals surface area (Å²) in [6, 6.07) is 5.26. The molecule has 1 heterocycles. The van der Waals surface area contributed by atoms with Crippen molar-refractivity contribution in [2.75, 3.05) is 0 Å². The van der Waals surface area contributed by atoms with Crippen LogP contribution in [0.3, 0.4) is 0 Å². The fourth-order valence-electron chi connectivity index (χ4n) is 1.72. The summed E-state index contributed by atoms with van der Waals surface area (Å²) in [5.41, 5.74) is 1.87. The van der Waals surface area contributed by atoms with E-state index in [1.807, 2.05) is 13.0 Å². The summed E-state index contributed by atoms with van der Waals surface area (Å²) in [5, 5.41) is 10.2. The molecule has 1 aromatic heterocycles. The van der Waals surface area contributed by atoms with Gasteiger partial charge in [-0.1, -0.05) is 12.1 Å². The van der Waals surface area contributed by atoms with Crippen LogP contribution in [0.25, 0.3) is 10.6 Å². The third-order valence-electron chi connectivity index (χ3n) is 2.63. The first-order valence-corrected chi connectivity index (χ1v) is 6.23. The highest BCUT2D eigenvalue weighted by molar-refractivity contribution is 7.15. The van der Waals surface area contributed by atoms with Crippen LogP contribution >= 0.6 is 11.3 Å². The van der Waals surface area contributed by atoms with Crippen molar-refractivity contribution < 1.29 is 9.50 Å². The third kappa shape index (κ3) is 2.23. The van der Waals surface area contributed by atoms with Crippen molar-refractivity contribution in [3.05, 3.63) is 40.2 Å². The maximum absolute atomic E-state index is 13.9. The van der Waals surface area contributed by atoms with Crippen LogP contribution in [0, 0.1) is 19.7 Å². The largest absolute Gasteiger partial charge is 0.388 e. The Morgan fingerprint density at radius 3 is 2.65 bits per heavy atom. The molecule has 0 spiro atoms. The van der Waals surface area contributed by atoms with Crippen LogP contribution in [0.2, 0.25) is 0 Å². The van der Waals surface area contributed by atoms with Gasteiger partial charge in [-0.3, -0.25) is 0 Å². The molecule has 0 aliphatic carbocycles. The Morgan fingerprint density at radius 1 is 1.35 bits per heavy atom. The molecule has 0 saturated carbocycles. The topological polar surface area (TPSA) is 33.1 Å².